The van der Waals surface area contributed by atoms with E-state index in [0.29, 0.717) is 5.56 Å². The van der Waals surface area contributed by atoms with Gasteiger partial charge in [0.15, 0.2) is 0 Å². The molecule has 1 amide bonds. The maximum Gasteiger partial charge on any atom is 0.387 e. The van der Waals surface area contributed by atoms with Crippen LogP contribution >= 0.6 is 0 Å². The summed E-state index contributed by atoms with van der Waals surface area (Å²) in [6, 6.07) is 5.27. The first-order chi connectivity index (χ1) is 7.49. The Labute approximate surface area is 91.2 Å². The maximum absolute atomic E-state index is 11.9. The van der Waals surface area contributed by atoms with Gasteiger partial charge >= 0.3 is 6.61 Å². The van der Waals surface area contributed by atoms with Gasteiger partial charge in [0.25, 0.3) is 0 Å². The Morgan fingerprint density at radius 2 is 2.12 bits per heavy atom. The van der Waals surface area contributed by atoms with Crippen molar-refractivity contribution in [3.63, 3.8) is 0 Å². The first-order valence-electron chi connectivity index (χ1n) is 4.57. The van der Waals surface area contributed by atoms with E-state index >= 15 is 0 Å². The van der Waals surface area contributed by atoms with Crippen molar-refractivity contribution in [1.82, 2.24) is 0 Å². The monoisotopic (exact) mass is 230 g/mol. The summed E-state index contributed by atoms with van der Waals surface area (Å²) in [5.74, 6) is -0.542. The Bertz CT molecular complexity index is 372. The predicted octanol–water partition coefficient (Wildman–Crippen LogP) is 1.16. The van der Waals surface area contributed by atoms with Crippen molar-refractivity contribution >= 4 is 5.91 Å². The van der Waals surface area contributed by atoms with Crippen LogP contribution in [0.1, 0.15) is 18.0 Å². The summed E-state index contributed by atoms with van der Waals surface area (Å²) >= 11 is 0. The number of alkyl halides is 2. The Morgan fingerprint density at radius 3 is 2.69 bits per heavy atom. The van der Waals surface area contributed by atoms with Crippen LogP contribution in [0.2, 0.25) is 0 Å². The quantitative estimate of drug-likeness (QED) is 0.796. The van der Waals surface area contributed by atoms with Gasteiger partial charge in [0.1, 0.15) is 5.75 Å². The zero-order valence-electron chi connectivity index (χ0n) is 8.40. The van der Waals surface area contributed by atoms with Crippen LogP contribution in [0.5, 0.6) is 5.75 Å². The Morgan fingerprint density at radius 1 is 1.44 bits per heavy atom. The van der Waals surface area contributed by atoms with Crippen molar-refractivity contribution in [1.29, 1.82) is 0 Å². The lowest BCUT2D eigenvalue weighted by Gasteiger charge is -2.11. The van der Waals surface area contributed by atoms with Crippen molar-refractivity contribution in [3.05, 3.63) is 29.8 Å². The van der Waals surface area contributed by atoms with E-state index in [0.717, 1.165) is 0 Å². The highest BCUT2D eigenvalue weighted by Crippen LogP contribution is 2.21. The number of carbonyl (C=O) groups is 1. The van der Waals surface area contributed by atoms with E-state index in [-0.39, 0.29) is 12.2 Å². The molecule has 0 aliphatic heterocycles. The fraction of sp³-hybridized carbons (Fsp3) is 0.300. The molecule has 0 aromatic heterocycles. The fourth-order valence-electron chi connectivity index (χ4n) is 1.26. The number of rotatable bonds is 5. The summed E-state index contributed by atoms with van der Waals surface area (Å²) in [5, 5.41) is 0. The summed E-state index contributed by atoms with van der Waals surface area (Å²) < 4.78 is 28.1. The van der Waals surface area contributed by atoms with E-state index in [1.165, 1.54) is 18.2 Å². The largest absolute Gasteiger partial charge is 0.435 e. The van der Waals surface area contributed by atoms with Crippen LogP contribution in [0.3, 0.4) is 0 Å². The highest BCUT2D eigenvalue weighted by molar-refractivity contribution is 5.74. The van der Waals surface area contributed by atoms with Gasteiger partial charge in [-0.2, -0.15) is 8.78 Å². The van der Waals surface area contributed by atoms with Crippen LogP contribution in [-0.2, 0) is 4.79 Å². The highest BCUT2D eigenvalue weighted by atomic mass is 19.3. The molecule has 1 atom stereocenters. The van der Waals surface area contributed by atoms with Crippen molar-refractivity contribution in [2.75, 3.05) is 0 Å². The summed E-state index contributed by atoms with van der Waals surface area (Å²) in [6.45, 7) is -2.89. The summed E-state index contributed by atoms with van der Waals surface area (Å²) in [7, 11) is 0. The predicted molar refractivity (Wildman–Crippen MR) is 53.8 cm³/mol. The molecule has 1 aromatic carbocycles. The summed E-state index contributed by atoms with van der Waals surface area (Å²) in [4.78, 5) is 10.6. The topological polar surface area (TPSA) is 78.3 Å². The van der Waals surface area contributed by atoms with Gasteiger partial charge in [-0.15, -0.1) is 0 Å². The Kier molecular flexibility index (Phi) is 4.19. The van der Waals surface area contributed by atoms with E-state index in [4.69, 9.17) is 11.5 Å². The van der Waals surface area contributed by atoms with Gasteiger partial charge in [0.2, 0.25) is 5.91 Å². The van der Waals surface area contributed by atoms with Crippen LogP contribution in [0.25, 0.3) is 0 Å². The van der Waals surface area contributed by atoms with Crippen molar-refractivity contribution in [2.45, 2.75) is 19.1 Å². The third-order valence-electron chi connectivity index (χ3n) is 1.93. The first-order valence-corrected chi connectivity index (χ1v) is 4.57. The fourth-order valence-corrected chi connectivity index (χ4v) is 1.26. The molecule has 0 heterocycles. The second kappa shape index (κ2) is 5.41. The number of hydrogen-bond donors (Lipinski definition) is 2. The van der Waals surface area contributed by atoms with E-state index in [2.05, 4.69) is 4.74 Å². The van der Waals surface area contributed by atoms with Gasteiger partial charge in [-0.1, -0.05) is 12.1 Å². The summed E-state index contributed by atoms with van der Waals surface area (Å²) in [5.41, 5.74) is 11.2. The minimum atomic E-state index is -2.89. The SMILES string of the molecule is NC(=O)CC(N)c1cccc(OC(F)F)c1. The standard InChI is InChI=1S/C10H12F2N2O2/c11-10(12)16-7-3-1-2-6(4-7)8(13)5-9(14)15/h1-4,8,10H,5,13H2,(H2,14,15). The number of ether oxygens (including phenoxy) is 1. The van der Waals surface area contributed by atoms with E-state index in [9.17, 15) is 13.6 Å². The molecule has 0 saturated heterocycles. The lowest BCUT2D eigenvalue weighted by molar-refractivity contribution is -0.118. The number of primary amides is 1. The number of nitrogens with two attached hydrogens (primary N) is 2. The Balaban J connectivity index is 2.77. The lowest BCUT2D eigenvalue weighted by Crippen LogP contribution is -2.20. The van der Waals surface area contributed by atoms with Crippen molar-refractivity contribution in [2.24, 2.45) is 11.5 Å². The van der Waals surface area contributed by atoms with Gasteiger partial charge in [0, 0.05) is 12.5 Å². The molecule has 0 bridgehead atoms. The molecule has 0 spiro atoms. The molecule has 4 nitrogen and oxygen atoms in total. The number of hydrogen-bond acceptors (Lipinski definition) is 3. The second-order valence-corrected chi connectivity index (χ2v) is 3.23. The number of carbonyl (C=O) groups excluding carboxylic acids is 1. The van der Waals surface area contributed by atoms with Crippen molar-refractivity contribution < 1.29 is 18.3 Å². The zero-order valence-corrected chi connectivity index (χ0v) is 8.40. The molecule has 0 radical (unpaired) electrons. The van der Waals surface area contributed by atoms with Gasteiger partial charge in [0.05, 0.1) is 0 Å². The zero-order chi connectivity index (χ0) is 12.1. The van der Waals surface area contributed by atoms with Crippen LogP contribution < -0.4 is 16.2 Å². The molecule has 1 unspecified atom stereocenters. The third kappa shape index (κ3) is 3.82. The molecular formula is C10H12F2N2O2. The molecule has 88 valence electrons. The molecule has 0 fully saturated rings. The molecule has 0 aliphatic carbocycles. The van der Waals surface area contributed by atoms with E-state index < -0.39 is 18.6 Å². The van der Waals surface area contributed by atoms with E-state index in [1.54, 1.807) is 6.07 Å². The summed E-state index contributed by atoms with van der Waals surface area (Å²) in [6.07, 6.45) is -0.0435. The number of amides is 1. The molecule has 0 saturated carbocycles. The molecule has 6 heteroatoms. The van der Waals surface area contributed by atoms with Gasteiger partial charge in [-0.05, 0) is 17.7 Å². The normalized spacial score (nSPS) is 12.5. The molecular weight excluding hydrogens is 218 g/mol. The molecule has 4 N–H and O–H groups in total. The Hall–Kier alpha value is -1.69. The van der Waals surface area contributed by atoms with Crippen LogP contribution in [-0.4, -0.2) is 12.5 Å². The van der Waals surface area contributed by atoms with Gasteiger partial charge in [-0.25, -0.2) is 0 Å². The molecule has 0 aliphatic rings. The molecule has 16 heavy (non-hydrogen) atoms. The van der Waals surface area contributed by atoms with Crippen LogP contribution in [0.4, 0.5) is 8.78 Å². The average Bonchev–Trinajstić information content (AvgIpc) is 2.16. The first kappa shape index (κ1) is 12.4. The number of halogens is 2. The van der Waals surface area contributed by atoms with Gasteiger partial charge in [-0.3, -0.25) is 4.79 Å². The molecule has 1 aromatic rings. The number of benzene rings is 1. The van der Waals surface area contributed by atoms with Gasteiger partial charge < -0.3 is 16.2 Å². The van der Waals surface area contributed by atoms with E-state index in [1.807, 2.05) is 0 Å². The maximum atomic E-state index is 11.9. The molecule has 1 rings (SSSR count). The average molecular weight is 230 g/mol. The lowest BCUT2D eigenvalue weighted by atomic mass is 10.0. The smallest absolute Gasteiger partial charge is 0.387 e. The highest BCUT2D eigenvalue weighted by Gasteiger charge is 2.11. The minimum Gasteiger partial charge on any atom is -0.435 e. The minimum absolute atomic E-state index is 0.00687. The van der Waals surface area contributed by atoms with Crippen molar-refractivity contribution in [3.8, 4) is 5.75 Å². The second-order valence-electron chi connectivity index (χ2n) is 3.23. The van der Waals surface area contributed by atoms with Crippen LogP contribution in [0.15, 0.2) is 24.3 Å². The van der Waals surface area contributed by atoms with Crippen LogP contribution in [0, 0.1) is 0 Å². The third-order valence-corrected chi connectivity index (χ3v) is 1.93.